The normalized spacial score (nSPS) is 23.5. The summed E-state index contributed by atoms with van der Waals surface area (Å²) in [6, 6.07) is 4.83. The molecule has 2 heterocycles. The average molecular weight is 400 g/mol. The Labute approximate surface area is 160 Å². The highest BCUT2D eigenvalue weighted by atomic mass is 32.2. The molecule has 2 saturated heterocycles. The number of nitrogens with zero attached hydrogens (tertiary/aromatic N) is 1. The molecule has 0 spiro atoms. The van der Waals surface area contributed by atoms with E-state index >= 15 is 0 Å². The number of amides is 1. The lowest BCUT2D eigenvalue weighted by Gasteiger charge is -2.22. The number of likely N-dealkylation sites (tertiary alicyclic amines) is 1. The highest BCUT2D eigenvalue weighted by Gasteiger charge is 2.32. The summed E-state index contributed by atoms with van der Waals surface area (Å²) in [4.78, 5) is 26.7. The number of carbonyl (C=O) groups is 2. The van der Waals surface area contributed by atoms with Gasteiger partial charge in [-0.3, -0.25) is 14.5 Å². The number of nitrogens with one attached hydrogen (secondary N) is 1. The molecule has 0 saturated carbocycles. The highest BCUT2D eigenvalue weighted by Crippen LogP contribution is 2.30. The quantitative estimate of drug-likeness (QED) is 0.797. The van der Waals surface area contributed by atoms with E-state index in [4.69, 9.17) is 0 Å². The first-order chi connectivity index (χ1) is 12.8. The van der Waals surface area contributed by atoms with Gasteiger partial charge in [0.25, 0.3) is 5.91 Å². The van der Waals surface area contributed by atoms with Crippen LogP contribution in [0, 0.1) is 5.92 Å². The topological polar surface area (TPSA) is 49.4 Å². The molecule has 0 aromatic heterocycles. The van der Waals surface area contributed by atoms with Crippen LogP contribution in [0.1, 0.15) is 35.2 Å². The van der Waals surface area contributed by atoms with Crippen LogP contribution in [0.2, 0.25) is 0 Å². The van der Waals surface area contributed by atoms with Crippen molar-refractivity contribution in [1.82, 2.24) is 10.2 Å². The maximum absolute atomic E-state index is 12.7. The molecule has 8 heteroatoms. The second-order valence-corrected chi connectivity index (χ2v) is 8.32. The zero-order valence-corrected chi connectivity index (χ0v) is 15.7. The number of halogens is 3. The number of hydrogen-bond acceptors (Lipinski definition) is 4. The molecule has 0 aliphatic carbocycles. The summed E-state index contributed by atoms with van der Waals surface area (Å²) in [6.45, 7) is 1.78. The summed E-state index contributed by atoms with van der Waals surface area (Å²) in [6.07, 6.45) is -1.91. The van der Waals surface area contributed by atoms with Gasteiger partial charge in [0.05, 0.1) is 12.1 Å². The molecule has 1 aromatic carbocycles. The van der Waals surface area contributed by atoms with Crippen molar-refractivity contribution in [2.45, 2.75) is 31.5 Å². The SMILES string of the molecule is O=C(CNC(=O)c1cccc(C(F)(F)F)c1)C[C@@H]1CCN(C2CCSC2)C1. The van der Waals surface area contributed by atoms with Crippen LogP contribution >= 0.6 is 11.8 Å². The molecule has 3 rings (SSSR count). The Kier molecular flexibility index (Phi) is 6.47. The first kappa shape index (κ1) is 20.2. The monoisotopic (exact) mass is 400 g/mol. The average Bonchev–Trinajstić information content (AvgIpc) is 3.30. The van der Waals surface area contributed by atoms with E-state index < -0.39 is 17.6 Å². The van der Waals surface area contributed by atoms with Crippen LogP contribution < -0.4 is 5.32 Å². The van der Waals surface area contributed by atoms with Gasteiger partial charge >= 0.3 is 6.18 Å². The van der Waals surface area contributed by atoms with Crippen molar-refractivity contribution < 1.29 is 22.8 Å². The molecule has 2 fully saturated rings. The number of benzene rings is 1. The number of ketones is 1. The van der Waals surface area contributed by atoms with E-state index in [0.717, 1.165) is 37.4 Å². The Hall–Kier alpha value is -1.54. The number of alkyl halides is 3. The minimum Gasteiger partial charge on any atom is -0.345 e. The molecular weight excluding hydrogens is 377 g/mol. The predicted octanol–water partition coefficient (Wildman–Crippen LogP) is 3.22. The van der Waals surface area contributed by atoms with Crippen molar-refractivity contribution in [2.24, 2.45) is 5.92 Å². The summed E-state index contributed by atoms with van der Waals surface area (Å²) in [5.74, 6) is 1.92. The molecule has 2 aliphatic rings. The lowest BCUT2D eigenvalue weighted by atomic mass is 10.0. The van der Waals surface area contributed by atoms with E-state index in [-0.39, 0.29) is 17.9 Å². The summed E-state index contributed by atoms with van der Waals surface area (Å²) < 4.78 is 38.2. The van der Waals surface area contributed by atoms with E-state index in [1.54, 1.807) is 0 Å². The van der Waals surface area contributed by atoms with Gasteiger partial charge in [0, 0.05) is 30.3 Å². The van der Waals surface area contributed by atoms with Gasteiger partial charge in [0.2, 0.25) is 0 Å². The van der Waals surface area contributed by atoms with Crippen LogP contribution in [-0.2, 0) is 11.0 Å². The molecule has 1 unspecified atom stereocenters. The van der Waals surface area contributed by atoms with Crippen LogP contribution in [0.3, 0.4) is 0 Å². The number of Topliss-reactive ketones (excluding diaryl/α,β-unsaturated/α-hetero) is 1. The molecule has 1 aromatic rings. The van der Waals surface area contributed by atoms with Crippen molar-refractivity contribution in [1.29, 1.82) is 0 Å². The number of carbonyl (C=O) groups excluding carboxylic acids is 2. The van der Waals surface area contributed by atoms with Crippen molar-refractivity contribution in [3.63, 3.8) is 0 Å². The van der Waals surface area contributed by atoms with Crippen LogP contribution in [-0.4, -0.2) is 53.8 Å². The second kappa shape index (κ2) is 8.65. The van der Waals surface area contributed by atoms with E-state index in [1.807, 2.05) is 11.8 Å². The third-order valence-corrected chi connectivity index (χ3v) is 6.30. The zero-order chi connectivity index (χ0) is 19.4. The maximum atomic E-state index is 12.7. The number of hydrogen-bond donors (Lipinski definition) is 1. The fraction of sp³-hybridized carbons (Fsp3) is 0.579. The Morgan fingerprint density at radius 3 is 2.78 bits per heavy atom. The molecule has 148 valence electrons. The molecular formula is C19H23F3N2O2S. The van der Waals surface area contributed by atoms with Gasteiger partial charge in [-0.25, -0.2) is 0 Å². The molecule has 27 heavy (non-hydrogen) atoms. The number of rotatable bonds is 6. The van der Waals surface area contributed by atoms with Gasteiger partial charge in [-0.15, -0.1) is 0 Å². The lowest BCUT2D eigenvalue weighted by molar-refractivity contribution is -0.137. The lowest BCUT2D eigenvalue weighted by Crippen LogP contribution is -2.34. The fourth-order valence-corrected chi connectivity index (χ4v) is 4.94. The fourth-order valence-electron chi connectivity index (χ4n) is 3.68. The summed E-state index contributed by atoms with van der Waals surface area (Å²) in [5.41, 5.74) is -0.971. The van der Waals surface area contributed by atoms with Crippen LogP contribution in [0.4, 0.5) is 13.2 Å². The first-order valence-electron chi connectivity index (χ1n) is 9.12. The molecule has 0 bridgehead atoms. The van der Waals surface area contributed by atoms with Crippen LogP contribution in [0.25, 0.3) is 0 Å². The molecule has 2 aliphatic heterocycles. The van der Waals surface area contributed by atoms with Crippen molar-refractivity contribution in [2.75, 3.05) is 31.1 Å². The minimum absolute atomic E-state index is 0.0806. The van der Waals surface area contributed by atoms with Crippen molar-refractivity contribution in [3.8, 4) is 0 Å². The van der Waals surface area contributed by atoms with Gasteiger partial charge in [-0.05, 0) is 49.3 Å². The van der Waals surface area contributed by atoms with E-state index in [0.29, 0.717) is 18.4 Å². The third-order valence-electron chi connectivity index (χ3n) is 5.15. The van der Waals surface area contributed by atoms with Gasteiger partial charge in [0.15, 0.2) is 5.78 Å². The minimum atomic E-state index is -4.50. The summed E-state index contributed by atoms with van der Waals surface area (Å²) in [5, 5.41) is 2.44. The Morgan fingerprint density at radius 2 is 2.07 bits per heavy atom. The first-order valence-corrected chi connectivity index (χ1v) is 10.3. The smallest absolute Gasteiger partial charge is 0.345 e. The predicted molar refractivity (Wildman–Crippen MR) is 98.8 cm³/mol. The Balaban J connectivity index is 1.44. The maximum Gasteiger partial charge on any atom is 0.416 e. The Bertz CT molecular complexity index is 690. The Morgan fingerprint density at radius 1 is 1.26 bits per heavy atom. The van der Waals surface area contributed by atoms with Gasteiger partial charge in [-0.1, -0.05) is 6.07 Å². The van der Waals surface area contributed by atoms with Crippen LogP contribution in [0.5, 0.6) is 0 Å². The molecule has 1 amide bonds. The van der Waals surface area contributed by atoms with E-state index in [9.17, 15) is 22.8 Å². The highest BCUT2D eigenvalue weighted by molar-refractivity contribution is 7.99. The second-order valence-electron chi connectivity index (χ2n) is 7.17. The summed E-state index contributed by atoms with van der Waals surface area (Å²) >= 11 is 1.97. The van der Waals surface area contributed by atoms with Crippen LogP contribution in [0.15, 0.2) is 24.3 Å². The zero-order valence-electron chi connectivity index (χ0n) is 14.9. The van der Waals surface area contributed by atoms with Gasteiger partial charge in [0.1, 0.15) is 0 Å². The van der Waals surface area contributed by atoms with Crippen molar-refractivity contribution in [3.05, 3.63) is 35.4 Å². The van der Waals surface area contributed by atoms with E-state index in [2.05, 4.69) is 10.2 Å². The van der Waals surface area contributed by atoms with Crippen molar-refractivity contribution >= 4 is 23.5 Å². The molecule has 4 nitrogen and oxygen atoms in total. The molecule has 0 radical (unpaired) electrons. The largest absolute Gasteiger partial charge is 0.416 e. The standard InChI is InChI=1S/C19H23F3N2O2S/c20-19(21,22)15-3-1-2-14(9-15)18(26)23-10-17(25)8-13-4-6-24(11-13)16-5-7-27-12-16/h1-3,9,13,16H,4-8,10-12H2,(H,23,26)/t13-,16?/m0/s1. The third kappa shape index (κ3) is 5.48. The van der Waals surface area contributed by atoms with E-state index in [1.165, 1.54) is 24.3 Å². The summed E-state index contributed by atoms with van der Waals surface area (Å²) in [7, 11) is 0. The molecule has 2 atom stereocenters. The molecule has 1 N–H and O–H groups in total. The number of thioether (sulfide) groups is 1. The van der Waals surface area contributed by atoms with Gasteiger partial charge < -0.3 is 5.32 Å². The van der Waals surface area contributed by atoms with Gasteiger partial charge in [-0.2, -0.15) is 24.9 Å².